The quantitative estimate of drug-likeness (QED) is 0.873. The van der Waals surface area contributed by atoms with Crippen molar-refractivity contribution in [1.82, 2.24) is 20.0 Å². The van der Waals surface area contributed by atoms with Crippen LogP contribution in [-0.4, -0.2) is 41.4 Å². The maximum atomic E-state index is 13.7. The monoisotopic (exact) mass is 348 g/mol. The predicted octanol–water partition coefficient (Wildman–Crippen LogP) is 2.57. The zero-order valence-corrected chi connectivity index (χ0v) is 15.4. The van der Waals surface area contributed by atoms with Gasteiger partial charge in [-0.15, -0.1) is 0 Å². The highest BCUT2D eigenvalue weighted by molar-refractivity contribution is 5.73. The van der Waals surface area contributed by atoms with Crippen molar-refractivity contribution in [2.45, 2.75) is 26.8 Å². The fraction of sp³-hybridized carbons (Fsp3) is 0.444. The van der Waals surface area contributed by atoms with Gasteiger partial charge in [0, 0.05) is 32.9 Å². The maximum Gasteiger partial charge on any atom is 0.317 e. The van der Waals surface area contributed by atoms with Gasteiger partial charge in [-0.3, -0.25) is 4.68 Å². The molecule has 0 unspecified atom stereocenters. The molecule has 1 aromatic heterocycles. The van der Waals surface area contributed by atoms with Gasteiger partial charge in [0.2, 0.25) is 0 Å². The van der Waals surface area contributed by atoms with Crippen molar-refractivity contribution in [2.24, 2.45) is 7.05 Å². The number of carbonyl (C=O) groups excluding carboxylic acids is 1. The second-order valence-electron chi connectivity index (χ2n) is 6.08. The second kappa shape index (κ2) is 8.00. The summed E-state index contributed by atoms with van der Waals surface area (Å²) >= 11 is 0. The highest BCUT2D eigenvalue weighted by Gasteiger charge is 2.12. The molecule has 0 saturated carbocycles. The van der Waals surface area contributed by atoms with E-state index in [4.69, 9.17) is 4.74 Å². The molecule has 1 N–H and O–H groups in total. The number of benzene rings is 1. The number of hydrogen-bond acceptors (Lipinski definition) is 3. The molecule has 2 amide bonds. The van der Waals surface area contributed by atoms with Crippen molar-refractivity contribution in [2.75, 3.05) is 20.7 Å². The van der Waals surface area contributed by atoms with Crippen LogP contribution in [0.1, 0.15) is 22.5 Å². The number of amides is 2. The van der Waals surface area contributed by atoms with E-state index in [0.29, 0.717) is 18.7 Å². The first kappa shape index (κ1) is 18.8. The Bertz CT molecular complexity index is 758. The van der Waals surface area contributed by atoms with Crippen LogP contribution in [-0.2, 0) is 20.0 Å². The first-order valence-electron chi connectivity index (χ1n) is 8.14. The lowest BCUT2D eigenvalue weighted by Gasteiger charge is -2.18. The molecule has 2 aromatic rings. The number of halogens is 1. The normalized spacial score (nSPS) is 10.6. The SMILES string of the molecule is COc1ccc(CN(C)C(=O)NCCc2c(C)nn(C)c2C)cc1F. The third-order valence-corrected chi connectivity index (χ3v) is 4.29. The minimum Gasteiger partial charge on any atom is -0.494 e. The van der Waals surface area contributed by atoms with Crippen LogP contribution in [0.25, 0.3) is 0 Å². The number of methoxy groups -OCH3 is 1. The van der Waals surface area contributed by atoms with Gasteiger partial charge in [0.1, 0.15) is 0 Å². The van der Waals surface area contributed by atoms with Gasteiger partial charge in [0.05, 0.1) is 12.8 Å². The van der Waals surface area contributed by atoms with E-state index in [2.05, 4.69) is 10.4 Å². The molecular weight excluding hydrogens is 323 g/mol. The van der Waals surface area contributed by atoms with Crippen LogP contribution < -0.4 is 10.1 Å². The molecule has 0 saturated heterocycles. The minimum atomic E-state index is -0.434. The van der Waals surface area contributed by atoms with E-state index >= 15 is 0 Å². The summed E-state index contributed by atoms with van der Waals surface area (Å²) in [6.07, 6.45) is 0.724. The lowest BCUT2D eigenvalue weighted by Crippen LogP contribution is -2.37. The Morgan fingerprint density at radius 3 is 2.68 bits per heavy atom. The number of rotatable bonds is 6. The standard InChI is InChI=1S/C18H25FN4O2/c1-12-15(13(2)23(4)21-12)8-9-20-18(24)22(3)11-14-6-7-17(25-5)16(19)10-14/h6-7,10H,8-9,11H2,1-5H3,(H,20,24). The molecule has 136 valence electrons. The summed E-state index contributed by atoms with van der Waals surface area (Å²) in [5, 5.41) is 7.25. The topological polar surface area (TPSA) is 59.4 Å². The third kappa shape index (κ3) is 4.49. The average molecular weight is 348 g/mol. The fourth-order valence-electron chi connectivity index (χ4n) is 2.76. The van der Waals surface area contributed by atoms with Gasteiger partial charge in [0.15, 0.2) is 11.6 Å². The highest BCUT2D eigenvalue weighted by Crippen LogP contribution is 2.18. The van der Waals surface area contributed by atoms with Gasteiger partial charge in [-0.25, -0.2) is 9.18 Å². The largest absolute Gasteiger partial charge is 0.494 e. The molecular formula is C18H25FN4O2. The van der Waals surface area contributed by atoms with Gasteiger partial charge >= 0.3 is 6.03 Å². The smallest absolute Gasteiger partial charge is 0.317 e. The number of aromatic nitrogens is 2. The first-order chi connectivity index (χ1) is 11.8. The molecule has 0 atom stereocenters. The molecule has 0 aliphatic heterocycles. The molecule has 0 spiro atoms. The molecule has 0 radical (unpaired) electrons. The van der Waals surface area contributed by atoms with E-state index in [9.17, 15) is 9.18 Å². The van der Waals surface area contributed by atoms with Crippen LogP contribution in [0.15, 0.2) is 18.2 Å². The summed E-state index contributed by atoms with van der Waals surface area (Å²) in [6.45, 7) is 4.82. The van der Waals surface area contributed by atoms with E-state index in [1.807, 2.05) is 25.6 Å². The molecule has 6 nitrogen and oxygen atoms in total. The summed E-state index contributed by atoms with van der Waals surface area (Å²) in [7, 11) is 5.01. The Kier molecular flexibility index (Phi) is 6.01. The van der Waals surface area contributed by atoms with Crippen molar-refractivity contribution < 1.29 is 13.9 Å². The summed E-state index contributed by atoms with van der Waals surface area (Å²) in [5.41, 5.74) is 3.95. The van der Waals surface area contributed by atoms with Gasteiger partial charge < -0.3 is 15.0 Å². The van der Waals surface area contributed by atoms with E-state index in [1.54, 1.807) is 19.2 Å². The van der Waals surface area contributed by atoms with Gasteiger partial charge in [-0.2, -0.15) is 5.10 Å². The summed E-state index contributed by atoms with van der Waals surface area (Å²) in [6, 6.07) is 4.49. The third-order valence-electron chi connectivity index (χ3n) is 4.29. The Morgan fingerprint density at radius 2 is 2.12 bits per heavy atom. The zero-order valence-electron chi connectivity index (χ0n) is 15.4. The van der Waals surface area contributed by atoms with Gasteiger partial charge in [-0.05, 0) is 43.5 Å². The van der Waals surface area contributed by atoms with E-state index < -0.39 is 5.82 Å². The zero-order chi connectivity index (χ0) is 18.6. The van der Waals surface area contributed by atoms with E-state index in [1.165, 1.54) is 18.1 Å². The fourth-order valence-corrected chi connectivity index (χ4v) is 2.76. The van der Waals surface area contributed by atoms with Crippen LogP contribution in [0.2, 0.25) is 0 Å². The highest BCUT2D eigenvalue weighted by atomic mass is 19.1. The van der Waals surface area contributed by atoms with Crippen molar-refractivity contribution in [3.05, 3.63) is 46.5 Å². The number of nitrogens with one attached hydrogen (secondary N) is 1. The molecule has 2 rings (SSSR count). The number of urea groups is 1. The van der Waals surface area contributed by atoms with E-state index in [0.717, 1.165) is 23.4 Å². The lowest BCUT2D eigenvalue weighted by atomic mass is 10.1. The predicted molar refractivity (Wildman–Crippen MR) is 94.2 cm³/mol. The van der Waals surface area contributed by atoms with Crippen molar-refractivity contribution in [1.29, 1.82) is 0 Å². The van der Waals surface area contributed by atoms with Crippen molar-refractivity contribution >= 4 is 6.03 Å². The number of carbonyl (C=O) groups is 1. The maximum absolute atomic E-state index is 13.7. The molecule has 1 heterocycles. The molecule has 1 aromatic carbocycles. The lowest BCUT2D eigenvalue weighted by molar-refractivity contribution is 0.207. The Morgan fingerprint density at radius 1 is 1.40 bits per heavy atom. The van der Waals surface area contributed by atoms with Crippen LogP contribution in [0.4, 0.5) is 9.18 Å². The molecule has 0 bridgehead atoms. The van der Waals surface area contributed by atoms with Crippen molar-refractivity contribution in [3.63, 3.8) is 0 Å². The van der Waals surface area contributed by atoms with Gasteiger partial charge in [-0.1, -0.05) is 6.07 Å². The summed E-state index contributed by atoms with van der Waals surface area (Å²) < 4.78 is 20.5. The molecule has 25 heavy (non-hydrogen) atoms. The number of aryl methyl sites for hydroxylation is 2. The first-order valence-corrected chi connectivity index (χ1v) is 8.14. The number of hydrogen-bond donors (Lipinski definition) is 1. The van der Waals surface area contributed by atoms with E-state index in [-0.39, 0.29) is 11.8 Å². The van der Waals surface area contributed by atoms with Crippen LogP contribution in [0.3, 0.4) is 0 Å². The Balaban J connectivity index is 1.87. The summed E-state index contributed by atoms with van der Waals surface area (Å²) in [5.74, 6) is -0.241. The molecule has 0 aliphatic rings. The van der Waals surface area contributed by atoms with Crippen LogP contribution in [0.5, 0.6) is 5.75 Å². The minimum absolute atomic E-state index is 0.193. The molecule has 0 fully saturated rings. The number of ether oxygens (including phenoxy) is 1. The Hall–Kier alpha value is -2.57. The van der Waals surface area contributed by atoms with Crippen LogP contribution in [0, 0.1) is 19.7 Å². The summed E-state index contributed by atoms with van der Waals surface area (Å²) in [4.78, 5) is 13.7. The van der Waals surface area contributed by atoms with Crippen molar-refractivity contribution in [3.8, 4) is 5.75 Å². The average Bonchev–Trinajstić information content (AvgIpc) is 2.81. The second-order valence-corrected chi connectivity index (χ2v) is 6.08. The van der Waals surface area contributed by atoms with Gasteiger partial charge in [0.25, 0.3) is 0 Å². The molecule has 0 aliphatic carbocycles. The number of nitrogens with zero attached hydrogens (tertiary/aromatic N) is 3. The Labute approximate surface area is 147 Å². The molecule has 7 heteroatoms. The van der Waals surface area contributed by atoms with Crippen LogP contribution >= 0.6 is 0 Å².